The van der Waals surface area contributed by atoms with Crippen molar-refractivity contribution in [1.29, 1.82) is 0 Å². The van der Waals surface area contributed by atoms with Crippen LogP contribution in [0.1, 0.15) is 6.92 Å². The van der Waals surface area contributed by atoms with Crippen LogP contribution in [-0.4, -0.2) is 16.0 Å². The second-order valence-electron chi connectivity index (χ2n) is 1.99. The van der Waals surface area contributed by atoms with Crippen molar-refractivity contribution in [3.05, 3.63) is 0 Å². The van der Waals surface area contributed by atoms with Gasteiger partial charge in [-0.3, -0.25) is 4.79 Å². The third-order valence-corrected chi connectivity index (χ3v) is 2.62. The van der Waals surface area contributed by atoms with Gasteiger partial charge in [0.2, 0.25) is 5.91 Å². The zero-order valence-corrected chi connectivity index (χ0v) is 6.64. The topological polar surface area (TPSA) is 29.1 Å². The number of carbonyl (C=O) groups is 1. The number of hydrogen-bond acceptors (Lipinski definition) is 3. The molecule has 1 fully saturated rings. The third-order valence-electron chi connectivity index (χ3n) is 1.14. The summed E-state index contributed by atoms with van der Waals surface area (Å²) in [6.45, 7) is 1.89. The van der Waals surface area contributed by atoms with Gasteiger partial charge in [0.25, 0.3) is 0 Å². The summed E-state index contributed by atoms with van der Waals surface area (Å²) in [6, 6.07) is 0. The number of thioether (sulfide) groups is 1. The summed E-state index contributed by atoms with van der Waals surface area (Å²) in [5.74, 6) is 0.991. The van der Waals surface area contributed by atoms with Crippen molar-refractivity contribution in [3.8, 4) is 0 Å². The lowest BCUT2D eigenvalue weighted by Crippen LogP contribution is -2.37. The predicted octanol–water partition coefficient (Wildman–Crippen LogP) is 0.770. The lowest BCUT2D eigenvalue weighted by molar-refractivity contribution is -0.122. The number of carbonyl (C=O) groups excluding carboxylic acids is 1. The van der Waals surface area contributed by atoms with Crippen molar-refractivity contribution in [2.75, 3.05) is 5.75 Å². The van der Waals surface area contributed by atoms with E-state index in [1.165, 1.54) is 11.8 Å². The molecule has 1 saturated heterocycles. The smallest absolute Gasteiger partial charge is 0.229 e. The average molecular weight is 161 g/mol. The van der Waals surface area contributed by atoms with E-state index in [0.717, 1.165) is 5.75 Å². The summed E-state index contributed by atoms with van der Waals surface area (Å²) < 4.78 is 0.609. The molecule has 1 atom stereocenters. The second kappa shape index (κ2) is 2.66. The van der Waals surface area contributed by atoms with Crippen LogP contribution >= 0.6 is 24.0 Å². The van der Waals surface area contributed by atoms with Crippen molar-refractivity contribution < 1.29 is 4.79 Å². The fraction of sp³-hybridized carbons (Fsp3) is 0.600. The van der Waals surface area contributed by atoms with Crippen LogP contribution in [0.4, 0.5) is 0 Å². The molecule has 0 unspecified atom stereocenters. The molecule has 9 heavy (non-hydrogen) atoms. The minimum atomic E-state index is 0.0544. The van der Waals surface area contributed by atoms with Crippen LogP contribution in [0.3, 0.4) is 0 Å². The monoisotopic (exact) mass is 161 g/mol. The Morgan fingerprint density at radius 3 is 3.00 bits per heavy atom. The van der Waals surface area contributed by atoms with Crippen LogP contribution in [-0.2, 0) is 4.79 Å². The highest BCUT2D eigenvalue weighted by Crippen LogP contribution is 2.14. The van der Waals surface area contributed by atoms with Crippen LogP contribution < -0.4 is 5.32 Å². The summed E-state index contributed by atoms with van der Waals surface area (Å²) in [6.07, 6.45) is 0. The van der Waals surface area contributed by atoms with Crippen LogP contribution in [0.5, 0.6) is 0 Å². The van der Waals surface area contributed by atoms with Gasteiger partial charge < -0.3 is 5.32 Å². The fourth-order valence-corrected chi connectivity index (χ4v) is 1.57. The Morgan fingerprint density at radius 2 is 2.56 bits per heavy atom. The highest BCUT2D eigenvalue weighted by molar-refractivity contribution is 8.23. The van der Waals surface area contributed by atoms with Gasteiger partial charge in [-0.05, 0) is 0 Å². The molecule has 0 radical (unpaired) electrons. The molecule has 0 aromatic carbocycles. The number of hydrogen-bond donors (Lipinski definition) is 1. The van der Waals surface area contributed by atoms with Crippen molar-refractivity contribution in [2.24, 2.45) is 5.92 Å². The predicted molar refractivity (Wildman–Crippen MR) is 42.4 cm³/mol. The Bertz CT molecular complexity index is 157. The van der Waals surface area contributed by atoms with Gasteiger partial charge >= 0.3 is 0 Å². The Balaban J connectivity index is 2.54. The maximum absolute atomic E-state index is 10.8. The van der Waals surface area contributed by atoms with Crippen LogP contribution in [0.2, 0.25) is 0 Å². The van der Waals surface area contributed by atoms with E-state index < -0.39 is 0 Å². The zero-order valence-electron chi connectivity index (χ0n) is 5.01. The Kier molecular flexibility index (Phi) is 2.08. The number of amides is 1. The second-order valence-corrected chi connectivity index (χ2v) is 3.69. The molecule has 1 amide bonds. The first-order chi connectivity index (χ1) is 4.20. The third kappa shape index (κ3) is 1.66. The Morgan fingerprint density at radius 1 is 1.89 bits per heavy atom. The summed E-state index contributed by atoms with van der Waals surface area (Å²) in [5.41, 5.74) is 0. The minimum absolute atomic E-state index is 0.0544. The van der Waals surface area contributed by atoms with Gasteiger partial charge in [-0.2, -0.15) is 0 Å². The molecular formula is C5H7NOS2. The molecule has 4 heteroatoms. The molecule has 50 valence electrons. The maximum atomic E-state index is 10.8. The summed E-state index contributed by atoms with van der Waals surface area (Å²) in [7, 11) is 0. The highest BCUT2D eigenvalue weighted by Gasteiger charge is 2.19. The maximum Gasteiger partial charge on any atom is 0.229 e. The lowest BCUT2D eigenvalue weighted by atomic mass is 10.2. The van der Waals surface area contributed by atoms with Crippen molar-refractivity contribution in [3.63, 3.8) is 0 Å². The molecule has 0 aliphatic carbocycles. The number of nitrogens with one attached hydrogen (secondary N) is 1. The molecule has 0 spiro atoms. The standard InChI is InChI=1S/C5H7NOS2/c1-3-2-9-5(8)6-4(3)7/h3H,2H2,1H3,(H,6,7,8)/t3-/m0/s1. The Labute approximate surface area is 63.4 Å². The van der Waals surface area contributed by atoms with E-state index in [4.69, 9.17) is 12.2 Å². The molecule has 0 aromatic heterocycles. The molecule has 1 aliphatic rings. The molecular weight excluding hydrogens is 154 g/mol. The minimum Gasteiger partial charge on any atom is -0.311 e. The zero-order chi connectivity index (χ0) is 6.85. The van der Waals surface area contributed by atoms with Gasteiger partial charge in [-0.25, -0.2) is 0 Å². The van der Waals surface area contributed by atoms with Crippen LogP contribution in [0.25, 0.3) is 0 Å². The quantitative estimate of drug-likeness (QED) is 0.532. The van der Waals surface area contributed by atoms with Gasteiger partial charge in [0.05, 0.1) is 0 Å². The molecule has 0 bridgehead atoms. The molecule has 1 rings (SSSR count). The highest BCUT2D eigenvalue weighted by atomic mass is 32.2. The van der Waals surface area contributed by atoms with E-state index in [1.54, 1.807) is 0 Å². The van der Waals surface area contributed by atoms with Crippen molar-refractivity contribution in [1.82, 2.24) is 5.32 Å². The van der Waals surface area contributed by atoms with E-state index in [-0.39, 0.29) is 11.8 Å². The SMILES string of the molecule is C[C@H]1CSC(=S)NC1=O. The fourth-order valence-electron chi connectivity index (χ4n) is 0.536. The number of thiocarbonyl (C=S) groups is 1. The van der Waals surface area contributed by atoms with Gasteiger partial charge in [0.15, 0.2) is 0 Å². The van der Waals surface area contributed by atoms with E-state index in [1.807, 2.05) is 6.92 Å². The first-order valence-electron chi connectivity index (χ1n) is 2.68. The molecule has 0 saturated carbocycles. The summed E-state index contributed by atoms with van der Waals surface area (Å²) >= 11 is 6.30. The van der Waals surface area contributed by atoms with E-state index in [2.05, 4.69) is 5.32 Å². The summed E-state index contributed by atoms with van der Waals surface area (Å²) in [4.78, 5) is 10.8. The normalized spacial score (nSPS) is 27.9. The van der Waals surface area contributed by atoms with Crippen molar-refractivity contribution in [2.45, 2.75) is 6.92 Å². The summed E-state index contributed by atoms with van der Waals surface area (Å²) in [5, 5.41) is 2.58. The van der Waals surface area contributed by atoms with Crippen molar-refractivity contribution >= 4 is 34.2 Å². The molecule has 0 aromatic rings. The first kappa shape index (κ1) is 7.02. The van der Waals surface area contributed by atoms with E-state index >= 15 is 0 Å². The van der Waals surface area contributed by atoms with E-state index in [0.29, 0.717) is 4.32 Å². The molecule has 2 nitrogen and oxygen atoms in total. The molecule has 1 N–H and O–H groups in total. The largest absolute Gasteiger partial charge is 0.311 e. The lowest BCUT2D eigenvalue weighted by Gasteiger charge is -2.17. The van der Waals surface area contributed by atoms with E-state index in [9.17, 15) is 4.79 Å². The van der Waals surface area contributed by atoms with Crippen LogP contribution in [0.15, 0.2) is 0 Å². The van der Waals surface area contributed by atoms with Gasteiger partial charge in [-0.1, -0.05) is 30.9 Å². The van der Waals surface area contributed by atoms with Gasteiger partial charge in [0, 0.05) is 11.7 Å². The van der Waals surface area contributed by atoms with Crippen LogP contribution in [0, 0.1) is 5.92 Å². The first-order valence-corrected chi connectivity index (χ1v) is 4.07. The van der Waals surface area contributed by atoms with Gasteiger partial charge in [-0.15, -0.1) is 0 Å². The number of rotatable bonds is 0. The van der Waals surface area contributed by atoms with Gasteiger partial charge in [0.1, 0.15) is 4.32 Å². The average Bonchev–Trinajstić information content (AvgIpc) is 1.80. The Hall–Kier alpha value is -0.0900. The molecule has 1 heterocycles. The molecule has 1 aliphatic heterocycles.